The maximum atomic E-state index is 12.8. The van der Waals surface area contributed by atoms with Gasteiger partial charge in [0.1, 0.15) is 5.75 Å². The molecular weight excluding hydrogens is 312 g/mol. The van der Waals surface area contributed by atoms with Gasteiger partial charge in [-0.2, -0.15) is 0 Å². The van der Waals surface area contributed by atoms with E-state index in [0.717, 1.165) is 10.1 Å². The van der Waals surface area contributed by atoms with Crippen molar-refractivity contribution in [1.29, 1.82) is 0 Å². The van der Waals surface area contributed by atoms with Gasteiger partial charge in [0.25, 0.3) is 0 Å². The summed E-state index contributed by atoms with van der Waals surface area (Å²) in [6, 6.07) is 12.3. The number of carbonyl (C=O) groups excluding carboxylic acids is 1. The largest absolute Gasteiger partial charge is 0.497 e. The van der Waals surface area contributed by atoms with E-state index in [0.29, 0.717) is 22.4 Å². The summed E-state index contributed by atoms with van der Waals surface area (Å²) in [5.41, 5.74) is 1.71. The first-order valence-electron chi connectivity index (χ1n) is 6.99. The molecule has 0 fully saturated rings. The van der Waals surface area contributed by atoms with Crippen LogP contribution in [0.4, 0.5) is 0 Å². The number of ether oxygens (including phenoxy) is 1. The highest BCUT2D eigenvalue weighted by Crippen LogP contribution is 2.29. The second-order valence-electron chi connectivity index (χ2n) is 5.11. The fourth-order valence-electron chi connectivity index (χ4n) is 2.49. The molecule has 0 radical (unpaired) electrons. The highest BCUT2D eigenvalue weighted by molar-refractivity contribution is 7.17. The number of fused-ring (bicyclic) bond motifs is 1. The third-order valence-corrected chi connectivity index (χ3v) is 4.53. The number of thiophene rings is 1. The van der Waals surface area contributed by atoms with Gasteiger partial charge in [-0.25, -0.2) is 0 Å². The minimum absolute atomic E-state index is 0.103. The summed E-state index contributed by atoms with van der Waals surface area (Å²) in [7, 11) is 1.57. The van der Waals surface area contributed by atoms with Crippen LogP contribution in [-0.4, -0.2) is 24.0 Å². The van der Waals surface area contributed by atoms with Crippen molar-refractivity contribution >= 4 is 33.2 Å². The van der Waals surface area contributed by atoms with E-state index in [9.17, 15) is 9.59 Å². The Hall–Kier alpha value is -2.66. The lowest BCUT2D eigenvalue weighted by molar-refractivity contribution is -0.136. The number of carboxylic acids is 1. The molecule has 116 valence electrons. The van der Waals surface area contributed by atoms with E-state index in [1.807, 2.05) is 17.5 Å². The molecule has 0 aliphatic carbocycles. The highest BCUT2D eigenvalue weighted by atomic mass is 32.1. The summed E-state index contributed by atoms with van der Waals surface area (Å²) in [5.74, 6) is -0.350. The SMILES string of the molecule is COc1ccc(C(=O)c2cc(CC(=O)O)cc3ccsc23)cc1. The molecule has 23 heavy (non-hydrogen) atoms. The third-order valence-electron chi connectivity index (χ3n) is 3.56. The standard InChI is InChI=1S/C18H14O4S/c1-22-14-4-2-12(3-5-14)17(21)15-9-11(10-16(19)20)8-13-6-7-23-18(13)15/h2-9H,10H2,1H3,(H,19,20). The Balaban J connectivity index is 2.07. The van der Waals surface area contributed by atoms with E-state index in [1.54, 1.807) is 37.4 Å². The average Bonchev–Trinajstić information content (AvgIpc) is 3.01. The van der Waals surface area contributed by atoms with Crippen molar-refractivity contribution in [2.75, 3.05) is 7.11 Å². The van der Waals surface area contributed by atoms with Crippen molar-refractivity contribution in [3.8, 4) is 5.75 Å². The monoisotopic (exact) mass is 326 g/mol. The van der Waals surface area contributed by atoms with Gasteiger partial charge in [0, 0.05) is 15.8 Å². The Morgan fingerprint density at radius 3 is 2.52 bits per heavy atom. The summed E-state index contributed by atoms with van der Waals surface area (Å²) in [6.07, 6.45) is -0.103. The fraction of sp³-hybridized carbons (Fsp3) is 0.111. The summed E-state index contributed by atoms with van der Waals surface area (Å²) in [4.78, 5) is 23.8. The topological polar surface area (TPSA) is 63.6 Å². The van der Waals surface area contributed by atoms with Gasteiger partial charge in [-0.15, -0.1) is 11.3 Å². The number of hydrogen-bond acceptors (Lipinski definition) is 4. The summed E-state index contributed by atoms with van der Waals surface area (Å²) in [6.45, 7) is 0. The van der Waals surface area contributed by atoms with Crippen LogP contribution in [0.25, 0.3) is 10.1 Å². The van der Waals surface area contributed by atoms with Gasteiger partial charge in [-0.3, -0.25) is 9.59 Å². The number of aliphatic carboxylic acids is 1. The lowest BCUT2D eigenvalue weighted by Crippen LogP contribution is -2.05. The van der Waals surface area contributed by atoms with Crippen molar-refractivity contribution in [2.45, 2.75) is 6.42 Å². The molecule has 0 atom stereocenters. The molecule has 0 aliphatic heterocycles. The minimum atomic E-state index is -0.914. The zero-order valence-electron chi connectivity index (χ0n) is 12.4. The van der Waals surface area contributed by atoms with Crippen LogP contribution in [0.15, 0.2) is 47.8 Å². The molecule has 1 heterocycles. The van der Waals surface area contributed by atoms with Crippen LogP contribution >= 0.6 is 11.3 Å². The Labute approximate surface area is 137 Å². The number of rotatable bonds is 5. The van der Waals surface area contributed by atoms with E-state index in [1.165, 1.54) is 11.3 Å². The maximum absolute atomic E-state index is 12.8. The number of methoxy groups -OCH3 is 1. The van der Waals surface area contributed by atoms with Gasteiger partial charge in [0.15, 0.2) is 5.78 Å². The van der Waals surface area contributed by atoms with Crippen LogP contribution in [-0.2, 0) is 11.2 Å². The Bertz CT molecular complexity index is 878. The Kier molecular flexibility index (Phi) is 4.12. The van der Waals surface area contributed by atoms with Crippen LogP contribution in [0.5, 0.6) is 5.75 Å². The van der Waals surface area contributed by atoms with E-state index < -0.39 is 5.97 Å². The average molecular weight is 326 g/mol. The van der Waals surface area contributed by atoms with Crippen LogP contribution in [0.3, 0.4) is 0 Å². The normalized spacial score (nSPS) is 10.7. The quantitative estimate of drug-likeness (QED) is 0.725. The van der Waals surface area contributed by atoms with Gasteiger partial charge >= 0.3 is 5.97 Å². The molecule has 0 amide bonds. The minimum Gasteiger partial charge on any atom is -0.497 e. The van der Waals surface area contributed by atoms with E-state index in [2.05, 4.69) is 0 Å². The molecule has 3 rings (SSSR count). The predicted octanol–water partition coefficient (Wildman–Crippen LogP) is 3.77. The Morgan fingerprint density at radius 1 is 1.13 bits per heavy atom. The molecule has 0 bridgehead atoms. The molecule has 0 saturated heterocycles. The number of carboxylic acid groups (broad SMARTS) is 1. The van der Waals surface area contributed by atoms with Crippen molar-refractivity contribution in [2.24, 2.45) is 0 Å². The first-order chi connectivity index (χ1) is 11.1. The summed E-state index contributed by atoms with van der Waals surface area (Å²) >= 11 is 1.48. The number of benzene rings is 2. The van der Waals surface area contributed by atoms with Crippen molar-refractivity contribution in [3.63, 3.8) is 0 Å². The summed E-state index contributed by atoms with van der Waals surface area (Å²) < 4.78 is 5.98. The van der Waals surface area contributed by atoms with Crippen LogP contribution in [0.1, 0.15) is 21.5 Å². The van der Waals surface area contributed by atoms with Crippen LogP contribution in [0, 0.1) is 0 Å². The second-order valence-corrected chi connectivity index (χ2v) is 6.03. The number of carbonyl (C=O) groups is 2. The zero-order valence-corrected chi connectivity index (χ0v) is 13.2. The number of ketones is 1. The molecule has 1 aromatic heterocycles. The molecule has 0 unspecified atom stereocenters. The molecule has 0 saturated carbocycles. The lowest BCUT2D eigenvalue weighted by atomic mass is 9.98. The first-order valence-corrected chi connectivity index (χ1v) is 7.87. The Morgan fingerprint density at radius 2 is 1.87 bits per heavy atom. The smallest absolute Gasteiger partial charge is 0.307 e. The fourth-order valence-corrected chi connectivity index (χ4v) is 3.38. The van der Waals surface area contributed by atoms with Gasteiger partial charge in [0.2, 0.25) is 0 Å². The lowest BCUT2D eigenvalue weighted by Gasteiger charge is -2.07. The van der Waals surface area contributed by atoms with Crippen molar-refractivity contribution in [3.05, 3.63) is 64.5 Å². The number of hydrogen-bond donors (Lipinski definition) is 1. The van der Waals surface area contributed by atoms with Crippen molar-refractivity contribution < 1.29 is 19.4 Å². The zero-order chi connectivity index (χ0) is 16.4. The van der Waals surface area contributed by atoms with E-state index in [-0.39, 0.29) is 12.2 Å². The molecule has 1 N–H and O–H groups in total. The highest BCUT2D eigenvalue weighted by Gasteiger charge is 2.16. The maximum Gasteiger partial charge on any atom is 0.307 e. The molecule has 0 spiro atoms. The predicted molar refractivity (Wildman–Crippen MR) is 89.6 cm³/mol. The van der Waals surface area contributed by atoms with E-state index in [4.69, 9.17) is 9.84 Å². The summed E-state index contributed by atoms with van der Waals surface area (Å²) in [5, 5.41) is 11.8. The van der Waals surface area contributed by atoms with Crippen LogP contribution in [0.2, 0.25) is 0 Å². The first kappa shape index (κ1) is 15.2. The molecule has 0 aliphatic rings. The third kappa shape index (κ3) is 3.10. The molecule has 4 nitrogen and oxygen atoms in total. The van der Waals surface area contributed by atoms with E-state index >= 15 is 0 Å². The van der Waals surface area contributed by atoms with Crippen molar-refractivity contribution in [1.82, 2.24) is 0 Å². The molecule has 2 aromatic carbocycles. The van der Waals surface area contributed by atoms with Crippen LogP contribution < -0.4 is 4.74 Å². The van der Waals surface area contributed by atoms with Gasteiger partial charge in [-0.1, -0.05) is 0 Å². The molecule has 5 heteroatoms. The second kappa shape index (κ2) is 6.22. The van der Waals surface area contributed by atoms with Gasteiger partial charge in [0.05, 0.1) is 13.5 Å². The molecular formula is C18H14O4S. The van der Waals surface area contributed by atoms with Gasteiger partial charge in [-0.05, 0) is 58.8 Å². The van der Waals surface area contributed by atoms with Gasteiger partial charge < -0.3 is 9.84 Å². The molecule has 3 aromatic rings.